The van der Waals surface area contributed by atoms with Crippen LogP contribution in [-0.4, -0.2) is 5.11 Å². The molecular formula is C12H9Cl2FOS. The van der Waals surface area contributed by atoms with Gasteiger partial charge in [-0.25, -0.2) is 4.39 Å². The first-order valence-electron chi connectivity index (χ1n) is 4.92. The van der Waals surface area contributed by atoms with Crippen molar-refractivity contribution in [2.45, 2.75) is 12.5 Å². The molecule has 0 saturated heterocycles. The fourth-order valence-corrected chi connectivity index (χ4v) is 2.76. The average Bonchev–Trinajstić information content (AvgIpc) is 2.70. The summed E-state index contributed by atoms with van der Waals surface area (Å²) in [7, 11) is 0. The number of aliphatic hydroxyl groups excluding tert-OH is 1. The smallest absolute Gasteiger partial charge is 0.141 e. The lowest BCUT2D eigenvalue weighted by Gasteiger charge is -2.08. The maximum absolute atomic E-state index is 13.0. The first-order valence-corrected chi connectivity index (χ1v) is 6.56. The highest BCUT2D eigenvalue weighted by Crippen LogP contribution is 2.28. The molecule has 1 nitrogen and oxygen atoms in total. The fourth-order valence-electron chi connectivity index (χ4n) is 1.49. The van der Waals surface area contributed by atoms with E-state index in [-0.39, 0.29) is 5.02 Å². The molecule has 0 bridgehead atoms. The Morgan fingerprint density at radius 2 is 2.06 bits per heavy atom. The van der Waals surface area contributed by atoms with Crippen LogP contribution in [0.15, 0.2) is 29.6 Å². The highest BCUT2D eigenvalue weighted by Gasteiger charge is 2.12. The van der Waals surface area contributed by atoms with Crippen LogP contribution in [-0.2, 0) is 6.42 Å². The molecule has 0 radical (unpaired) electrons. The molecule has 1 aromatic heterocycles. The van der Waals surface area contributed by atoms with E-state index in [1.807, 2.05) is 0 Å². The molecule has 1 N–H and O–H groups in total. The van der Waals surface area contributed by atoms with Gasteiger partial charge in [0.2, 0.25) is 0 Å². The van der Waals surface area contributed by atoms with Crippen molar-refractivity contribution < 1.29 is 9.50 Å². The Kier molecular flexibility index (Phi) is 4.05. The molecule has 1 unspecified atom stereocenters. The van der Waals surface area contributed by atoms with Gasteiger partial charge in [0.25, 0.3) is 0 Å². The van der Waals surface area contributed by atoms with Gasteiger partial charge in [-0.1, -0.05) is 29.3 Å². The topological polar surface area (TPSA) is 20.2 Å². The van der Waals surface area contributed by atoms with E-state index in [0.29, 0.717) is 11.4 Å². The highest BCUT2D eigenvalue weighted by molar-refractivity contribution is 7.10. The summed E-state index contributed by atoms with van der Waals surface area (Å²) >= 11 is 12.8. The quantitative estimate of drug-likeness (QED) is 0.884. The van der Waals surface area contributed by atoms with Crippen LogP contribution in [0, 0.1) is 5.82 Å². The Hall–Kier alpha value is -0.610. The Morgan fingerprint density at radius 1 is 1.29 bits per heavy atom. The average molecular weight is 291 g/mol. The molecular weight excluding hydrogens is 282 g/mol. The Balaban J connectivity index is 2.12. The molecule has 2 rings (SSSR count). The molecule has 2 aromatic rings. The van der Waals surface area contributed by atoms with Gasteiger partial charge in [-0.2, -0.15) is 0 Å². The van der Waals surface area contributed by atoms with E-state index in [2.05, 4.69) is 0 Å². The third-order valence-corrected chi connectivity index (χ3v) is 4.00. The van der Waals surface area contributed by atoms with Crippen molar-refractivity contribution in [3.05, 3.63) is 55.9 Å². The number of halogens is 3. The molecule has 17 heavy (non-hydrogen) atoms. The zero-order valence-corrected chi connectivity index (χ0v) is 11.0. The molecule has 0 fully saturated rings. The third kappa shape index (κ3) is 3.19. The predicted octanol–water partition coefficient (Wildman–Crippen LogP) is 4.47. The maximum atomic E-state index is 13.0. The minimum Gasteiger partial charge on any atom is -0.387 e. The van der Waals surface area contributed by atoms with Gasteiger partial charge in [-0.05, 0) is 23.8 Å². The van der Waals surface area contributed by atoms with Crippen molar-refractivity contribution in [3.63, 3.8) is 0 Å². The molecule has 1 aromatic carbocycles. The van der Waals surface area contributed by atoms with Gasteiger partial charge in [-0.15, -0.1) is 11.3 Å². The largest absolute Gasteiger partial charge is 0.387 e. The summed E-state index contributed by atoms with van der Waals surface area (Å²) in [6, 6.07) is 6.16. The first-order chi connectivity index (χ1) is 8.06. The molecule has 90 valence electrons. The monoisotopic (exact) mass is 290 g/mol. The summed E-state index contributed by atoms with van der Waals surface area (Å²) in [5.74, 6) is -0.455. The number of thiophene rings is 1. The number of hydrogen-bond donors (Lipinski definition) is 1. The van der Waals surface area contributed by atoms with Crippen LogP contribution in [0.3, 0.4) is 0 Å². The SMILES string of the molecule is OC(Cc1ccc(F)c(Cl)c1)c1cc(Cl)cs1. The minimum absolute atomic E-state index is 0.0684. The predicted molar refractivity (Wildman–Crippen MR) is 69.4 cm³/mol. The van der Waals surface area contributed by atoms with E-state index in [9.17, 15) is 9.50 Å². The number of rotatable bonds is 3. The van der Waals surface area contributed by atoms with Crippen molar-refractivity contribution in [1.82, 2.24) is 0 Å². The molecule has 0 saturated carbocycles. The van der Waals surface area contributed by atoms with Crippen LogP contribution in [0.25, 0.3) is 0 Å². The van der Waals surface area contributed by atoms with Crippen molar-refractivity contribution in [3.8, 4) is 0 Å². The molecule has 1 heterocycles. The summed E-state index contributed by atoms with van der Waals surface area (Å²) < 4.78 is 13.0. The van der Waals surface area contributed by atoms with Gasteiger partial charge in [0, 0.05) is 16.7 Å². The lowest BCUT2D eigenvalue weighted by Crippen LogP contribution is -1.99. The standard InChI is InChI=1S/C12H9Cl2FOS/c13-8-5-12(17-6-8)11(16)4-7-1-2-10(15)9(14)3-7/h1-3,5-6,11,16H,4H2. The Morgan fingerprint density at radius 3 is 2.65 bits per heavy atom. The van der Waals surface area contributed by atoms with Crippen LogP contribution in [0.2, 0.25) is 10.0 Å². The number of hydrogen-bond acceptors (Lipinski definition) is 2. The molecule has 0 amide bonds. The van der Waals surface area contributed by atoms with Crippen molar-refractivity contribution >= 4 is 34.5 Å². The molecule has 0 aliphatic heterocycles. The number of aliphatic hydroxyl groups is 1. The van der Waals surface area contributed by atoms with Crippen LogP contribution >= 0.6 is 34.5 Å². The zero-order valence-electron chi connectivity index (χ0n) is 8.66. The van der Waals surface area contributed by atoms with E-state index in [4.69, 9.17) is 23.2 Å². The fraction of sp³-hybridized carbons (Fsp3) is 0.167. The minimum atomic E-state index is -0.644. The second-order valence-corrected chi connectivity index (χ2v) is 5.42. The highest BCUT2D eigenvalue weighted by atomic mass is 35.5. The summed E-state index contributed by atoms with van der Waals surface area (Å²) in [6.07, 6.45) is -0.259. The lowest BCUT2D eigenvalue weighted by molar-refractivity contribution is 0.182. The van der Waals surface area contributed by atoms with Gasteiger partial charge in [0.15, 0.2) is 0 Å². The zero-order chi connectivity index (χ0) is 12.4. The van der Waals surface area contributed by atoms with Crippen molar-refractivity contribution in [1.29, 1.82) is 0 Å². The second-order valence-electron chi connectivity index (χ2n) is 3.64. The summed E-state index contributed by atoms with van der Waals surface area (Å²) in [6.45, 7) is 0. The van der Waals surface area contributed by atoms with Crippen LogP contribution < -0.4 is 0 Å². The van der Waals surface area contributed by atoms with Crippen molar-refractivity contribution in [2.24, 2.45) is 0 Å². The molecule has 5 heteroatoms. The maximum Gasteiger partial charge on any atom is 0.141 e. The lowest BCUT2D eigenvalue weighted by atomic mass is 10.1. The van der Waals surface area contributed by atoms with Gasteiger partial charge in [0.05, 0.1) is 16.1 Å². The van der Waals surface area contributed by atoms with E-state index in [0.717, 1.165) is 10.4 Å². The van der Waals surface area contributed by atoms with E-state index < -0.39 is 11.9 Å². The molecule has 0 aliphatic carbocycles. The summed E-state index contributed by atoms with van der Waals surface area (Å²) in [4.78, 5) is 0.787. The van der Waals surface area contributed by atoms with Crippen LogP contribution in [0.4, 0.5) is 4.39 Å². The molecule has 1 atom stereocenters. The van der Waals surface area contributed by atoms with Crippen LogP contribution in [0.1, 0.15) is 16.5 Å². The van der Waals surface area contributed by atoms with E-state index in [1.165, 1.54) is 23.5 Å². The van der Waals surface area contributed by atoms with E-state index in [1.54, 1.807) is 17.5 Å². The Labute approximate surface area is 112 Å². The number of benzene rings is 1. The molecule has 0 spiro atoms. The van der Waals surface area contributed by atoms with Gasteiger partial charge in [0.1, 0.15) is 5.82 Å². The van der Waals surface area contributed by atoms with E-state index >= 15 is 0 Å². The van der Waals surface area contributed by atoms with Gasteiger partial charge >= 0.3 is 0 Å². The van der Waals surface area contributed by atoms with Crippen LogP contribution in [0.5, 0.6) is 0 Å². The normalized spacial score (nSPS) is 12.7. The first kappa shape index (κ1) is 12.8. The summed E-state index contributed by atoms with van der Waals surface area (Å²) in [5.41, 5.74) is 0.786. The second kappa shape index (κ2) is 5.36. The van der Waals surface area contributed by atoms with Crippen molar-refractivity contribution in [2.75, 3.05) is 0 Å². The van der Waals surface area contributed by atoms with Gasteiger partial charge in [-0.3, -0.25) is 0 Å². The van der Waals surface area contributed by atoms with Gasteiger partial charge < -0.3 is 5.11 Å². The molecule has 0 aliphatic rings. The summed E-state index contributed by atoms with van der Waals surface area (Å²) in [5, 5.41) is 12.4. The Bertz CT molecular complexity index is 527. The third-order valence-electron chi connectivity index (χ3n) is 2.33.